The van der Waals surface area contributed by atoms with Gasteiger partial charge in [-0.1, -0.05) is 32.4 Å². The summed E-state index contributed by atoms with van der Waals surface area (Å²) in [6.45, 7) is 4.55. The minimum absolute atomic E-state index is 0.0546. The second-order valence-electron chi connectivity index (χ2n) is 6.77. The van der Waals surface area contributed by atoms with E-state index >= 15 is 0 Å². The van der Waals surface area contributed by atoms with E-state index in [0.29, 0.717) is 11.2 Å². The standard InChI is InChI=1S/C17H21ClN2O/c1-17(2)9-5-6-12(10-17)20-15(11-18)19-14-8-4-3-7-13(14)16(20)21/h3-4,7-8,12H,5-6,9-11H2,1-2H3. The molecule has 3 nitrogen and oxygen atoms in total. The Morgan fingerprint density at radius 1 is 1.38 bits per heavy atom. The van der Waals surface area contributed by atoms with Crippen molar-refractivity contribution in [2.24, 2.45) is 5.41 Å². The van der Waals surface area contributed by atoms with Crippen LogP contribution in [0.4, 0.5) is 0 Å². The van der Waals surface area contributed by atoms with Crippen molar-refractivity contribution in [3.05, 3.63) is 40.4 Å². The van der Waals surface area contributed by atoms with Crippen LogP contribution >= 0.6 is 11.6 Å². The van der Waals surface area contributed by atoms with Crippen LogP contribution in [0.15, 0.2) is 29.1 Å². The van der Waals surface area contributed by atoms with Gasteiger partial charge in [-0.25, -0.2) is 4.98 Å². The highest BCUT2D eigenvalue weighted by Crippen LogP contribution is 2.40. The monoisotopic (exact) mass is 304 g/mol. The van der Waals surface area contributed by atoms with Gasteiger partial charge in [-0.05, 0) is 36.8 Å². The molecule has 0 bridgehead atoms. The van der Waals surface area contributed by atoms with E-state index in [0.717, 1.165) is 24.8 Å². The van der Waals surface area contributed by atoms with Crippen LogP contribution in [0.25, 0.3) is 10.9 Å². The second kappa shape index (κ2) is 5.45. The first-order valence-corrected chi connectivity index (χ1v) is 8.11. The van der Waals surface area contributed by atoms with E-state index in [4.69, 9.17) is 11.6 Å². The van der Waals surface area contributed by atoms with Crippen LogP contribution in [0.5, 0.6) is 0 Å². The predicted octanol–water partition coefficient (Wildman–Crippen LogP) is 4.28. The first-order chi connectivity index (χ1) is 10.0. The molecule has 3 rings (SSSR count). The van der Waals surface area contributed by atoms with Gasteiger partial charge in [0.15, 0.2) is 0 Å². The summed E-state index contributed by atoms with van der Waals surface area (Å²) in [4.78, 5) is 17.5. The molecule has 2 aromatic rings. The van der Waals surface area contributed by atoms with E-state index in [1.807, 2.05) is 28.8 Å². The molecule has 4 heteroatoms. The molecule has 21 heavy (non-hydrogen) atoms. The summed E-state index contributed by atoms with van der Waals surface area (Å²) in [5.74, 6) is 0.972. The molecule has 0 radical (unpaired) electrons. The van der Waals surface area contributed by atoms with Crippen molar-refractivity contribution in [2.75, 3.05) is 0 Å². The zero-order chi connectivity index (χ0) is 15.0. The van der Waals surface area contributed by atoms with Crippen LogP contribution in [-0.4, -0.2) is 9.55 Å². The molecular formula is C17H21ClN2O. The third-order valence-corrected chi connectivity index (χ3v) is 4.78. The molecule has 1 aromatic carbocycles. The van der Waals surface area contributed by atoms with Gasteiger partial charge in [-0.15, -0.1) is 11.6 Å². The largest absolute Gasteiger partial charge is 0.292 e. The SMILES string of the molecule is CC1(C)CCCC(n2c(CCl)nc3ccccc3c2=O)C1. The molecule has 0 saturated heterocycles. The third-order valence-electron chi connectivity index (χ3n) is 4.54. The summed E-state index contributed by atoms with van der Waals surface area (Å²) in [5.41, 5.74) is 1.07. The molecule has 1 aromatic heterocycles. The van der Waals surface area contributed by atoms with Gasteiger partial charge in [-0.2, -0.15) is 0 Å². The lowest BCUT2D eigenvalue weighted by atomic mass is 9.75. The predicted molar refractivity (Wildman–Crippen MR) is 86.8 cm³/mol. The van der Waals surface area contributed by atoms with Crippen LogP contribution < -0.4 is 5.56 Å². The molecule has 0 spiro atoms. The van der Waals surface area contributed by atoms with E-state index in [9.17, 15) is 4.79 Å². The molecule has 1 heterocycles. The maximum atomic E-state index is 12.9. The molecule has 1 unspecified atom stereocenters. The van der Waals surface area contributed by atoms with Crippen molar-refractivity contribution < 1.29 is 0 Å². The van der Waals surface area contributed by atoms with Gasteiger partial charge in [0.25, 0.3) is 5.56 Å². The van der Waals surface area contributed by atoms with Gasteiger partial charge in [0.2, 0.25) is 0 Å². The Morgan fingerprint density at radius 2 is 2.14 bits per heavy atom. The normalized spacial score (nSPS) is 21.6. The highest BCUT2D eigenvalue weighted by molar-refractivity contribution is 6.16. The van der Waals surface area contributed by atoms with Gasteiger partial charge in [-0.3, -0.25) is 9.36 Å². The fraction of sp³-hybridized carbons (Fsp3) is 0.529. The Hall–Kier alpha value is -1.35. The summed E-state index contributed by atoms with van der Waals surface area (Å²) in [6.07, 6.45) is 4.41. The third kappa shape index (κ3) is 2.71. The van der Waals surface area contributed by atoms with E-state index in [1.54, 1.807) is 0 Å². The molecule has 1 atom stereocenters. The number of fused-ring (bicyclic) bond motifs is 1. The number of aromatic nitrogens is 2. The van der Waals surface area contributed by atoms with Gasteiger partial charge in [0, 0.05) is 6.04 Å². The Balaban J connectivity index is 2.17. The summed E-state index contributed by atoms with van der Waals surface area (Å²) in [6, 6.07) is 7.74. The summed E-state index contributed by atoms with van der Waals surface area (Å²) in [5, 5.41) is 0.690. The van der Waals surface area contributed by atoms with Crippen LogP contribution in [-0.2, 0) is 5.88 Å². The highest BCUT2D eigenvalue weighted by Gasteiger charge is 2.30. The molecule has 1 saturated carbocycles. The number of benzene rings is 1. The van der Waals surface area contributed by atoms with E-state index in [2.05, 4.69) is 18.8 Å². The van der Waals surface area contributed by atoms with Crippen LogP contribution in [0.1, 0.15) is 51.4 Å². The lowest BCUT2D eigenvalue weighted by Gasteiger charge is -2.36. The smallest absolute Gasteiger partial charge is 0.261 e. The van der Waals surface area contributed by atoms with Crippen molar-refractivity contribution in [1.29, 1.82) is 0 Å². The van der Waals surface area contributed by atoms with Gasteiger partial charge in [0.1, 0.15) is 5.82 Å². The van der Waals surface area contributed by atoms with E-state index < -0.39 is 0 Å². The number of nitrogens with zero attached hydrogens (tertiary/aromatic N) is 2. The number of rotatable bonds is 2. The topological polar surface area (TPSA) is 34.9 Å². The van der Waals surface area contributed by atoms with Gasteiger partial charge < -0.3 is 0 Å². The minimum atomic E-state index is 0.0546. The lowest BCUT2D eigenvalue weighted by molar-refractivity contribution is 0.178. The Bertz CT molecular complexity index is 720. The fourth-order valence-corrected chi connectivity index (χ4v) is 3.73. The van der Waals surface area contributed by atoms with Crippen molar-refractivity contribution in [1.82, 2.24) is 9.55 Å². The molecule has 0 N–H and O–H groups in total. The average Bonchev–Trinajstić information content (AvgIpc) is 2.46. The van der Waals surface area contributed by atoms with Gasteiger partial charge >= 0.3 is 0 Å². The number of hydrogen-bond donors (Lipinski definition) is 0. The molecule has 112 valence electrons. The first kappa shape index (κ1) is 14.6. The molecule has 0 amide bonds. The highest BCUT2D eigenvalue weighted by atomic mass is 35.5. The maximum Gasteiger partial charge on any atom is 0.261 e. The zero-order valence-electron chi connectivity index (χ0n) is 12.6. The number of hydrogen-bond acceptors (Lipinski definition) is 2. The second-order valence-corrected chi connectivity index (χ2v) is 7.04. The maximum absolute atomic E-state index is 12.9. The Morgan fingerprint density at radius 3 is 2.86 bits per heavy atom. The van der Waals surface area contributed by atoms with Crippen LogP contribution in [0, 0.1) is 5.41 Å². The number of alkyl halides is 1. The first-order valence-electron chi connectivity index (χ1n) is 7.58. The molecule has 1 aliphatic carbocycles. The van der Waals surface area contributed by atoms with Crippen molar-refractivity contribution in [3.8, 4) is 0 Å². The van der Waals surface area contributed by atoms with Gasteiger partial charge in [0.05, 0.1) is 16.8 Å². The summed E-state index contributed by atoms with van der Waals surface area (Å²) < 4.78 is 1.86. The summed E-state index contributed by atoms with van der Waals surface area (Å²) in [7, 11) is 0. The van der Waals surface area contributed by atoms with Crippen LogP contribution in [0.3, 0.4) is 0 Å². The molecule has 0 aliphatic heterocycles. The fourth-order valence-electron chi connectivity index (χ4n) is 3.54. The summed E-state index contributed by atoms with van der Waals surface area (Å²) >= 11 is 6.07. The number of halogens is 1. The quantitative estimate of drug-likeness (QED) is 0.776. The molecular weight excluding hydrogens is 284 g/mol. The van der Waals surface area contributed by atoms with Crippen molar-refractivity contribution >= 4 is 22.5 Å². The molecule has 1 aliphatic rings. The Kier molecular flexibility index (Phi) is 3.78. The van der Waals surface area contributed by atoms with Crippen molar-refractivity contribution in [2.45, 2.75) is 51.5 Å². The van der Waals surface area contributed by atoms with Crippen LogP contribution in [0.2, 0.25) is 0 Å². The van der Waals surface area contributed by atoms with E-state index in [-0.39, 0.29) is 22.9 Å². The van der Waals surface area contributed by atoms with E-state index in [1.165, 1.54) is 6.42 Å². The zero-order valence-corrected chi connectivity index (χ0v) is 13.4. The Labute approximate surface area is 130 Å². The molecule has 1 fully saturated rings. The van der Waals surface area contributed by atoms with Crippen molar-refractivity contribution in [3.63, 3.8) is 0 Å². The lowest BCUT2D eigenvalue weighted by Crippen LogP contribution is -2.34. The average molecular weight is 305 g/mol. The minimum Gasteiger partial charge on any atom is -0.292 e. The number of para-hydroxylation sites is 1.